The van der Waals surface area contributed by atoms with Crippen molar-refractivity contribution >= 4 is 28.4 Å². The van der Waals surface area contributed by atoms with Crippen LogP contribution in [0.1, 0.15) is 40.9 Å². The lowest BCUT2D eigenvalue weighted by atomic mass is 9.85. The van der Waals surface area contributed by atoms with E-state index < -0.39 is 29.0 Å². The SMILES string of the molecule is Cc1cc2cc(NC(=O)C3CCC3)ccc2n1C(=O)c1c(F)cccc1C(F)(F)F. The minimum atomic E-state index is -4.87. The van der Waals surface area contributed by atoms with Crippen molar-refractivity contribution < 1.29 is 27.2 Å². The molecule has 8 heteroatoms. The normalized spacial score (nSPS) is 14.6. The number of halogens is 4. The first-order chi connectivity index (χ1) is 14.2. The number of aryl methyl sites for hydroxylation is 1. The monoisotopic (exact) mass is 418 g/mol. The highest BCUT2D eigenvalue weighted by Gasteiger charge is 2.37. The van der Waals surface area contributed by atoms with E-state index in [9.17, 15) is 27.2 Å². The van der Waals surface area contributed by atoms with Crippen LogP contribution in [0, 0.1) is 18.7 Å². The first-order valence-corrected chi connectivity index (χ1v) is 9.50. The average Bonchev–Trinajstić information content (AvgIpc) is 2.93. The van der Waals surface area contributed by atoms with Gasteiger partial charge in [-0.25, -0.2) is 4.39 Å². The number of hydrogen-bond donors (Lipinski definition) is 1. The van der Waals surface area contributed by atoms with Gasteiger partial charge < -0.3 is 5.32 Å². The molecule has 4 rings (SSSR count). The molecule has 1 saturated carbocycles. The van der Waals surface area contributed by atoms with Gasteiger partial charge in [-0.2, -0.15) is 13.2 Å². The number of nitrogens with zero attached hydrogens (tertiary/aromatic N) is 1. The minimum Gasteiger partial charge on any atom is -0.326 e. The molecule has 30 heavy (non-hydrogen) atoms. The van der Waals surface area contributed by atoms with Crippen LogP contribution in [0.25, 0.3) is 10.9 Å². The van der Waals surface area contributed by atoms with Crippen molar-refractivity contribution in [2.45, 2.75) is 32.4 Å². The van der Waals surface area contributed by atoms with Gasteiger partial charge in [-0.05, 0) is 56.2 Å². The highest BCUT2D eigenvalue weighted by atomic mass is 19.4. The van der Waals surface area contributed by atoms with Crippen molar-refractivity contribution in [3.63, 3.8) is 0 Å². The summed E-state index contributed by atoms with van der Waals surface area (Å²) in [5.74, 6) is -2.41. The molecule has 0 unspecified atom stereocenters. The quantitative estimate of drug-likeness (QED) is 0.569. The molecule has 0 radical (unpaired) electrons. The van der Waals surface area contributed by atoms with Crippen LogP contribution in [-0.4, -0.2) is 16.4 Å². The molecule has 0 aliphatic heterocycles. The summed E-state index contributed by atoms with van der Waals surface area (Å²) >= 11 is 0. The van der Waals surface area contributed by atoms with Crippen LogP contribution in [0.5, 0.6) is 0 Å². The predicted molar refractivity (Wildman–Crippen MR) is 104 cm³/mol. The van der Waals surface area contributed by atoms with E-state index in [1.807, 2.05) is 0 Å². The largest absolute Gasteiger partial charge is 0.417 e. The van der Waals surface area contributed by atoms with Gasteiger partial charge in [-0.3, -0.25) is 14.2 Å². The van der Waals surface area contributed by atoms with Gasteiger partial charge in [0.25, 0.3) is 5.91 Å². The lowest BCUT2D eigenvalue weighted by molar-refractivity contribution is -0.138. The highest BCUT2D eigenvalue weighted by molar-refractivity contribution is 6.05. The number of carbonyl (C=O) groups is 2. The second kappa shape index (κ2) is 7.27. The summed E-state index contributed by atoms with van der Waals surface area (Å²) in [5.41, 5.74) is -1.12. The van der Waals surface area contributed by atoms with Gasteiger partial charge in [0.1, 0.15) is 5.82 Å². The third-order valence-electron chi connectivity index (χ3n) is 5.46. The first kappa shape index (κ1) is 20.1. The fourth-order valence-electron chi connectivity index (χ4n) is 3.70. The number of alkyl halides is 3. The predicted octanol–water partition coefficient (Wildman–Crippen LogP) is 5.53. The van der Waals surface area contributed by atoms with E-state index in [-0.39, 0.29) is 11.8 Å². The number of hydrogen-bond acceptors (Lipinski definition) is 2. The molecule has 156 valence electrons. The molecule has 1 heterocycles. The maximum atomic E-state index is 14.3. The zero-order valence-corrected chi connectivity index (χ0v) is 16.0. The third-order valence-corrected chi connectivity index (χ3v) is 5.46. The van der Waals surface area contributed by atoms with E-state index in [1.165, 1.54) is 6.07 Å². The first-order valence-electron chi connectivity index (χ1n) is 9.50. The number of nitrogens with one attached hydrogen (secondary N) is 1. The standard InChI is InChI=1S/C22H18F4N2O2/c1-12-10-14-11-15(27-20(29)13-4-2-5-13)8-9-18(14)28(12)21(30)19-16(22(24,25)26)6-3-7-17(19)23/h3,6-11,13H,2,4-5H2,1H3,(H,27,29). The zero-order valence-electron chi connectivity index (χ0n) is 16.0. The van der Waals surface area contributed by atoms with Crippen molar-refractivity contribution in [3.8, 4) is 0 Å². The lowest BCUT2D eigenvalue weighted by Crippen LogP contribution is -2.27. The Morgan fingerprint density at radius 1 is 1.10 bits per heavy atom. The van der Waals surface area contributed by atoms with Crippen LogP contribution in [0.2, 0.25) is 0 Å². The summed E-state index contributed by atoms with van der Waals surface area (Å²) in [4.78, 5) is 25.1. The van der Waals surface area contributed by atoms with Crippen molar-refractivity contribution in [3.05, 3.63) is 65.1 Å². The maximum Gasteiger partial charge on any atom is 0.417 e. The molecule has 0 atom stereocenters. The number of aromatic nitrogens is 1. The molecule has 1 fully saturated rings. The molecule has 1 N–H and O–H groups in total. The smallest absolute Gasteiger partial charge is 0.326 e. The Morgan fingerprint density at radius 2 is 1.83 bits per heavy atom. The molecule has 1 aromatic heterocycles. The van der Waals surface area contributed by atoms with Gasteiger partial charge in [0.05, 0.1) is 16.6 Å². The summed E-state index contributed by atoms with van der Waals surface area (Å²) < 4.78 is 55.4. The molecular weight excluding hydrogens is 400 g/mol. The highest BCUT2D eigenvalue weighted by Crippen LogP contribution is 2.35. The Balaban J connectivity index is 1.74. The molecule has 1 aliphatic rings. The van der Waals surface area contributed by atoms with Crippen LogP contribution in [-0.2, 0) is 11.0 Å². The van der Waals surface area contributed by atoms with Gasteiger partial charge in [-0.15, -0.1) is 0 Å². The summed E-state index contributed by atoms with van der Waals surface area (Å²) in [5, 5.41) is 3.37. The van der Waals surface area contributed by atoms with Crippen molar-refractivity contribution in [1.29, 1.82) is 0 Å². The molecule has 1 amide bonds. The minimum absolute atomic E-state index is 0.00421. The van der Waals surface area contributed by atoms with Crippen LogP contribution in [0.3, 0.4) is 0 Å². The molecule has 0 spiro atoms. The number of rotatable bonds is 3. The Morgan fingerprint density at radius 3 is 2.47 bits per heavy atom. The number of carbonyl (C=O) groups excluding carboxylic acids is 2. The Kier molecular flexibility index (Phi) is 4.88. The summed E-state index contributed by atoms with van der Waals surface area (Å²) in [6.45, 7) is 1.55. The van der Waals surface area contributed by atoms with E-state index >= 15 is 0 Å². The Bertz CT molecular complexity index is 1160. The Hall–Kier alpha value is -3.16. The number of amides is 1. The van der Waals surface area contributed by atoms with Crippen LogP contribution in [0.15, 0.2) is 42.5 Å². The van der Waals surface area contributed by atoms with Crippen LogP contribution in [0.4, 0.5) is 23.2 Å². The van der Waals surface area contributed by atoms with Gasteiger partial charge in [0.2, 0.25) is 5.91 Å². The van der Waals surface area contributed by atoms with E-state index in [4.69, 9.17) is 0 Å². The third kappa shape index (κ3) is 3.46. The zero-order chi connectivity index (χ0) is 21.6. The Labute approximate surface area is 169 Å². The van der Waals surface area contributed by atoms with Crippen molar-refractivity contribution in [1.82, 2.24) is 4.57 Å². The molecule has 2 aromatic carbocycles. The molecule has 1 aliphatic carbocycles. The topological polar surface area (TPSA) is 51.1 Å². The van der Waals surface area contributed by atoms with E-state index in [0.717, 1.165) is 36.0 Å². The van der Waals surface area contributed by atoms with Gasteiger partial charge in [-0.1, -0.05) is 12.5 Å². The molecular formula is C22H18F4N2O2. The van der Waals surface area contributed by atoms with Crippen molar-refractivity contribution in [2.75, 3.05) is 5.32 Å². The van der Waals surface area contributed by atoms with E-state index in [1.54, 1.807) is 25.1 Å². The number of anilines is 1. The van der Waals surface area contributed by atoms with Crippen molar-refractivity contribution in [2.24, 2.45) is 5.92 Å². The molecule has 3 aromatic rings. The summed E-state index contributed by atoms with van der Waals surface area (Å²) in [6.07, 6.45) is -2.15. The second-order valence-electron chi connectivity index (χ2n) is 7.48. The number of fused-ring (bicyclic) bond motifs is 1. The van der Waals surface area contributed by atoms with E-state index in [0.29, 0.717) is 28.4 Å². The van der Waals surface area contributed by atoms with Gasteiger partial charge in [0, 0.05) is 22.7 Å². The molecule has 4 nitrogen and oxygen atoms in total. The second-order valence-corrected chi connectivity index (χ2v) is 7.48. The number of benzene rings is 2. The lowest BCUT2D eigenvalue weighted by Gasteiger charge is -2.24. The van der Waals surface area contributed by atoms with Crippen LogP contribution < -0.4 is 5.32 Å². The molecule has 0 saturated heterocycles. The van der Waals surface area contributed by atoms with E-state index in [2.05, 4.69) is 5.32 Å². The summed E-state index contributed by atoms with van der Waals surface area (Å²) in [6, 6.07) is 8.81. The average molecular weight is 418 g/mol. The fourth-order valence-corrected chi connectivity index (χ4v) is 3.70. The van der Waals surface area contributed by atoms with Gasteiger partial charge >= 0.3 is 6.18 Å². The van der Waals surface area contributed by atoms with Crippen LogP contribution >= 0.6 is 0 Å². The summed E-state index contributed by atoms with van der Waals surface area (Å²) in [7, 11) is 0. The maximum absolute atomic E-state index is 14.3. The fraction of sp³-hybridized carbons (Fsp3) is 0.273. The molecule has 0 bridgehead atoms. The van der Waals surface area contributed by atoms with Gasteiger partial charge in [0.15, 0.2) is 0 Å².